The second kappa shape index (κ2) is 10.6. The van der Waals surface area contributed by atoms with Crippen LogP contribution in [0.4, 0.5) is 5.69 Å². The molecular weight excluding hydrogens is 382 g/mol. The third kappa shape index (κ3) is 6.22. The summed E-state index contributed by atoms with van der Waals surface area (Å²) < 4.78 is 10.6. The number of carbonyl (C=O) groups excluding carboxylic acids is 2. The Morgan fingerprint density at radius 1 is 0.933 bits per heavy atom. The Kier molecular flexibility index (Phi) is 8.24. The first kappa shape index (κ1) is 23.2. The molecule has 7 nitrogen and oxygen atoms in total. The number of rotatable bonds is 9. The van der Waals surface area contributed by atoms with Crippen LogP contribution in [0.2, 0.25) is 0 Å². The molecule has 2 aromatic rings. The van der Waals surface area contributed by atoms with Gasteiger partial charge in [-0.05, 0) is 49.7 Å². The van der Waals surface area contributed by atoms with Crippen LogP contribution in [0.5, 0.6) is 11.5 Å². The minimum absolute atomic E-state index is 0.0767. The van der Waals surface area contributed by atoms with Crippen LogP contribution in [0, 0.1) is 13.8 Å². The second-order valence-electron chi connectivity index (χ2n) is 7.43. The first-order chi connectivity index (χ1) is 14.2. The molecule has 0 spiro atoms. The first-order valence-electron chi connectivity index (χ1n) is 9.74. The van der Waals surface area contributed by atoms with Crippen LogP contribution < -0.4 is 14.8 Å². The van der Waals surface area contributed by atoms with Gasteiger partial charge in [0, 0.05) is 19.3 Å². The molecule has 0 bridgehead atoms. The zero-order valence-electron chi connectivity index (χ0n) is 18.6. The quantitative estimate of drug-likeness (QED) is 0.685. The lowest BCUT2D eigenvalue weighted by Gasteiger charge is -2.22. The molecule has 0 saturated heterocycles. The van der Waals surface area contributed by atoms with Crippen LogP contribution in [-0.4, -0.2) is 63.0 Å². The number of para-hydroxylation sites is 1. The minimum Gasteiger partial charge on any atom is -0.493 e. The number of likely N-dealkylation sites (N-methyl/N-ethyl adjacent to an activating group) is 2. The smallest absolute Gasteiger partial charge is 0.238 e. The molecular formula is C23H31N3O4. The van der Waals surface area contributed by atoms with Crippen LogP contribution in [0.1, 0.15) is 16.7 Å². The number of hydrogen-bond acceptors (Lipinski definition) is 5. The lowest BCUT2D eigenvalue weighted by Crippen LogP contribution is -2.39. The van der Waals surface area contributed by atoms with Crippen molar-refractivity contribution in [2.45, 2.75) is 20.4 Å². The van der Waals surface area contributed by atoms with Crippen LogP contribution in [-0.2, 0) is 16.1 Å². The molecule has 7 heteroatoms. The normalized spacial score (nSPS) is 10.6. The molecule has 2 rings (SSSR count). The number of aryl methyl sites for hydroxylation is 2. The monoisotopic (exact) mass is 413 g/mol. The molecule has 0 aromatic heterocycles. The summed E-state index contributed by atoms with van der Waals surface area (Å²) in [6, 6.07) is 11.4. The zero-order chi connectivity index (χ0) is 22.3. The Morgan fingerprint density at radius 2 is 1.57 bits per heavy atom. The van der Waals surface area contributed by atoms with Crippen LogP contribution in [0.25, 0.3) is 0 Å². The van der Waals surface area contributed by atoms with Crippen molar-refractivity contribution in [3.8, 4) is 11.5 Å². The van der Waals surface area contributed by atoms with Gasteiger partial charge in [-0.1, -0.05) is 24.3 Å². The highest BCUT2D eigenvalue weighted by molar-refractivity contribution is 5.94. The lowest BCUT2D eigenvalue weighted by atomic mass is 10.1. The van der Waals surface area contributed by atoms with E-state index in [4.69, 9.17) is 9.47 Å². The fraction of sp³-hybridized carbons (Fsp3) is 0.391. The molecule has 30 heavy (non-hydrogen) atoms. The highest BCUT2D eigenvalue weighted by atomic mass is 16.5. The molecule has 0 aliphatic heterocycles. The number of methoxy groups -OCH3 is 2. The van der Waals surface area contributed by atoms with E-state index < -0.39 is 0 Å². The fourth-order valence-electron chi connectivity index (χ4n) is 3.18. The molecule has 0 fully saturated rings. The highest BCUT2D eigenvalue weighted by Crippen LogP contribution is 2.28. The Morgan fingerprint density at radius 3 is 2.17 bits per heavy atom. The Bertz CT molecular complexity index is 878. The van der Waals surface area contributed by atoms with E-state index in [1.165, 1.54) is 0 Å². The van der Waals surface area contributed by atoms with Crippen molar-refractivity contribution in [3.63, 3.8) is 0 Å². The number of benzene rings is 2. The molecule has 2 amide bonds. The van der Waals surface area contributed by atoms with Gasteiger partial charge in [0.05, 0.1) is 27.3 Å². The topological polar surface area (TPSA) is 71.1 Å². The number of nitrogens with zero attached hydrogens (tertiary/aromatic N) is 2. The van der Waals surface area contributed by atoms with Crippen molar-refractivity contribution in [1.29, 1.82) is 0 Å². The van der Waals surface area contributed by atoms with Crippen LogP contribution in [0.15, 0.2) is 36.4 Å². The average molecular weight is 414 g/mol. The number of nitrogens with one attached hydrogen (secondary N) is 1. The molecule has 2 aromatic carbocycles. The van der Waals surface area contributed by atoms with E-state index in [0.717, 1.165) is 22.4 Å². The Labute approximate surface area is 178 Å². The second-order valence-corrected chi connectivity index (χ2v) is 7.43. The largest absolute Gasteiger partial charge is 0.493 e. The third-order valence-corrected chi connectivity index (χ3v) is 4.86. The van der Waals surface area contributed by atoms with Crippen molar-refractivity contribution < 1.29 is 19.1 Å². The Balaban J connectivity index is 1.89. The maximum Gasteiger partial charge on any atom is 0.238 e. The summed E-state index contributed by atoms with van der Waals surface area (Å²) in [4.78, 5) is 28.3. The van der Waals surface area contributed by atoms with E-state index in [9.17, 15) is 9.59 Å². The summed E-state index contributed by atoms with van der Waals surface area (Å²) in [5, 5.41) is 2.94. The number of ether oxygens (including phenoxy) is 2. The summed E-state index contributed by atoms with van der Waals surface area (Å²) in [5.74, 6) is 1.04. The van der Waals surface area contributed by atoms with Gasteiger partial charge in [-0.25, -0.2) is 0 Å². The number of anilines is 1. The van der Waals surface area contributed by atoms with Crippen molar-refractivity contribution >= 4 is 17.5 Å². The molecule has 0 aliphatic carbocycles. The maximum atomic E-state index is 12.6. The molecule has 0 aliphatic rings. The summed E-state index contributed by atoms with van der Waals surface area (Å²) in [6.07, 6.45) is 0. The summed E-state index contributed by atoms with van der Waals surface area (Å²) >= 11 is 0. The van der Waals surface area contributed by atoms with Gasteiger partial charge < -0.3 is 19.7 Å². The SMILES string of the molecule is COc1ccc(CN(C)C(=O)CN(C)CC(=O)Nc2c(C)cccc2C)cc1OC. The maximum absolute atomic E-state index is 12.6. The molecule has 1 N–H and O–H groups in total. The van der Waals surface area contributed by atoms with Crippen LogP contribution >= 0.6 is 0 Å². The standard InChI is InChI=1S/C23H31N3O4/c1-16-8-7-9-17(2)23(16)24-21(27)14-25(3)15-22(28)26(4)13-18-10-11-19(29-5)20(12-18)30-6/h7-12H,13-15H2,1-6H3,(H,24,27). The van der Waals surface area contributed by atoms with Gasteiger partial charge in [-0.2, -0.15) is 0 Å². The minimum atomic E-state index is -0.148. The Hall–Kier alpha value is -3.06. The van der Waals surface area contributed by atoms with E-state index >= 15 is 0 Å². The van der Waals surface area contributed by atoms with Crippen molar-refractivity contribution in [2.75, 3.05) is 46.7 Å². The third-order valence-electron chi connectivity index (χ3n) is 4.86. The molecule has 0 heterocycles. The molecule has 0 unspecified atom stereocenters. The lowest BCUT2D eigenvalue weighted by molar-refractivity contribution is -0.131. The van der Waals surface area contributed by atoms with Crippen molar-refractivity contribution in [3.05, 3.63) is 53.1 Å². The number of amides is 2. The van der Waals surface area contributed by atoms with Crippen molar-refractivity contribution in [2.24, 2.45) is 0 Å². The average Bonchev–Trinajstić information content (AvgIpc) is 2.70. The fourth-order valence-corrected chi connectivity index (χ4v) is 3.18. The van der Waals surface area contributed by atoms with E-state index in [-0.39, 0.29) is 24.9 Å². The van der Waals surface area contributed by atoms with E-state index in [1.807, 2.05) is 50.2 Å². The summed E-state index contributed by atoms with van der Waals surface area (Å²) in [6.45, 7) is 4.62. The van der Waals surface area contributed by atoms with Gasteiger partial charge in [0.1, 0.15) is 0 Å². The van der Waals surface area contributed by atoms with Gasteiger partial charge in [0.15, 0.2) is 11.5 Å². The molecule has 0 saturated carbocycles. The van der Waals surface area contributed by atoms with Gasteiger partial charge in [-0.15, -0.1) is 0 Å². The van der Waals surface area contributed by atoms with Gasteiger partial charge in [0.2, 0.25) is 11.8 Å². The van der Waals surface area contributed by atoms with E-state index in [2.05, 4.69) is 5.32 Å². The zero-order valence-corrected chi connectivity index (χ0v) is 18.6. The summed E-state index contributed by atoms with van der Waals surface area (Å²) in [7, 11) is 6.66. The molecule has 162 valence electrons. The predicted molar refractivity (Wildman–Crippen MR) is 118 cm³/mol. The van der Waals surface area contributed by atoms with Gasteiger partial charge >= 0.3 is 0 Å². The number of hydrogen-bond donors (Lipinski definition) is 1. The van der Waals surface area contributed by atoms with Crippen LogP contribution in [0.3, 0.4) is 0 Å². The highest BCUT2D eigenvalue weighted by Gasteiger charge is 2.16. The first-order valence-corrected chi connectivity index (χ1v) is 9.74. The van der Waals surface area contributed by atoms with E-state index in [0.29, 0.717) is 18.0 Å². The van der Waals surface area contributed by atoms with Gasteiger partial charge in [0.25, 0.3) is 0 Å². The van der Waals surface area contributed by atoms with Crippen molar-refractivity contribution in [1.82, 2.24) is 9.80 Å². The molecule has 0 atom stereocenters. The van der Waals surface area contributed by atoms with Gasteiger partial charge in [-0.3, -0.25) is 14.5 Å². The summed E-state index contributed by atoms with van der Waals surface area (Å²) in [5.41, 5.74) is 3.78. The predicted octanol–water partition coefficient (Wildman–Crippen LogP) is 2.85. The number of carbonyl (C=O) groups is 2. The molecule has 0 radical (unpaired) electrons. The van der Waals surface area contributed by atoms with E-state index in [1.54, 1.807) is 38.1 Å².